The highest BCUT2D eigenvalue weighted by atomic mass is 31.2. The molecule has 0 spiro atoms. The Morgan fingerprint density at radius 2 is 1.55 bits per heavy atom. The van der Waals surface area contributed by atoms with Gasteiger partial charge >= 0.3 is 13.6 Å². The molecule has 0 aliphatic heterocycles. The van der Waals surface area contributed by atoms with E-state index in [2.05, 4.69) is 20.8 Å². The summed E-state index contributed by atoms with van der Waals surface area (Å²) in [5.41, 5.74) is -0.974. The third kappa shape index (κ3) is 6.02. The maximum Gasteiger partial charge on any atom is 0.328 e. The minimum atomic E-state index is -4.15. The number of rotatable bonds is 9. The normalized spacial score (nSPS) is 16.2. The van der Waals surface area contributed by atoms with E-state index in [1.54, 1.807) is 0 Å². The number of hydrogen-bond acceptors (Lipinski definition) is 3. The summed E-state index contributed by atoms with van der Waals surface area (Å²) in [6.45, 7) is 14.1. The summed E-state index contributed by atoms with van der Waals surface area (Å²) in [5.74, 6) is -0.366. The van der Waals surface area contributed by atoms with Gasteiger partial charge in [-0.1, -0.05) is 48.0 Å². The van der Waals surface area contributed by atoms with Crippen molar-refractivity contribution in [2.24, 2.45) is 16.2 Å². The first-order valence-electron chi connectivity index (χ1n) is 7.92. The van der Waals surface area contributed by atoms with E-state index in [1.807, 2.05) is 27.7 Å². The molecule has 0 aliphatic carbocycles. The minimum Gasteiger partial charge on any atom is -0.465 e. The number of carbonyl (C=O) groups excluding carboxylic acids is 1. The molecule has 6 heteroatoms. The van der Waals surface area contributed by atoms with Gasteiger partial charge in [0.15, 0.2) is 0 Å². The van der Waals surface area contributed by atoms with E-state index < -0.39 is 19.2 Å². The van der Waals surface area contributed by atoms with E-state index in [4.69, 9.17) is 14.5 Å². The van der Waals surface area contributed by atoms with Gasteiger partial charge in [0.05, 0.1) is 11.6 Å². The Morgan fingerprint density at radius 3 is 1.91 bits per heavy atom. The van der Waals surface area contributed by atoms with Crippen molar-refractivity contribution in [3.05, 3.63) is 0 Å². The Hall–Kier alpha value is -0.380. The molecule has 132 valence electrons. The lowest BCUT2D eigenvalue weighted by molar-refractivity contribution is -0.165. The first-order valence-corrected chi connectivity index (χ1v) is 9.72. The van der Waals surface area contributed by atoms with Gasteiger partial charge in [-0.05, 0) is 30.6 Å². The average molecular weight is 336 g/mol. The van der Waals surface area contributed by atoms with Crippen LogP contribution in [0.2, 0.25) is 0 Å². The van der Waals surface area contributed by atoms with Crippen LogP contribution in [0.15, 0.2) is 0 Å². The van der Waals surface area contributed by atoms with E-state index >= 15 is 0 Å². The Balaban J connectivity index is 5.25. The van der Waals surface area contributed by atoms with Crippen LogP contribution in [0.5, 0.6) is 0 Å². The smallest absolute Gasteiger partial charge is 0.328 e. The summed E-state index contributed by atoms with van der Waals surface area (Å²) in [6.07, 6.45) is 2.00. The zero-order valence-corrected chi connectivity index (χ0v) is 16.0. The molecule has 0 aromatic heterocycles. The Labute approximate surface area is 135 Å². The zero-order valence-electron chi connectivity index (χ0n) is 15.1. The second kappa shape index (κ2) is 7.46. The summed E-state index contributed by atoms with van der Waals surface area (Å²) >= 11 is 0. The molecule has 5 nitrogen and oxygen atoms in total. The van der Waals surface area contributed by atoms with Crippen molar-refractivity contribution in [2.75, 3.05) is 12.8 Å². The lowest BCUT2D eigenvalue weighted by Crippen LogP contribution is -2.46. The highest BCUT2D eigenvalue weighted by molar-refractivity contribution is 7.51. The van der Waals surface area contributed by atoms with Crippen LogP contribution in [0.4, 0.5) is 0 Å². The van der Waals surface area contributed by atoms with Crippen LogP contribution in [-0.2, 0) is 14.1 Å². The molecular weight excluding hydrogens is 303 g/mol. The lowest BCUT2D eigenvalue weighted by Gasteiger charge is -2.45. The molecule has 22 heavy (non-hydrogen) atoms. The van der Waals surface area contributed by atoms with Gasteiger partial charge in [-0.25, -0.2) is 0 Å². The fourth-order valence-corrected chi connectivity index (χ4v) is 2.81. The largest absolute Gasteiger partial charge is 0.465 e. The molecule has 0 aromatic carbocycles. The fourth-order valence-electron chi connectivity index (χ4n) is 2.48. The second-order valence-electron chi connectivity index (χ2n) is 7.79. The Kier molecular flexibility index (Phi) is 7.33. The quantitative estimate of drug-likeness (QED) is 0.491. The Bertz CT molecular complexity index is 424. The van der Waals surface area contributed by atoms with E-state index in [1.165, 1.54) is 0 Å². The molecule has 0 saturated carbocycles. The molecule has 1 atom stereocenters. The second-order valence-corrected chi connectivity index (χ2v) is 9.56. The fraction of sp³-hybridized carbons (Fsp3) is 0.938. The van der Waals surface area contributed by atoms with E-state index in [9.17, 15) is 9.36 Å². The lowest BCUT2D eigenvalue weighted by atomic mass is 9.58. The van der Waals surface area contributed by atoms with Gasteiger partial charge < -0.3 is 14.5 Å². The molecule has 1 unspecified atom stereocenters. The molecule has 0 fully saturated rings. The van der Waals surface area contributed by atoms with Crippen LogP contribution >= 0.6 is 7.60 Å². The van der Waals surface area contributed by atoms with E-state index in [0.29, 0.717) is 6.42 Å². The van der Waals surface area contributed by atoms with E-state index in [0.717, 1.165) is 12.8 Å². The molecule has 0 heterocycles. The molecular formula is C16H33O5P. The topological polar surface area (TPSA) is 83.8 Å². The SMILES string of the molecule is CCC(C)(C)CC(C)(C(=O)OCCP(=O)(O)O)C(C)(C)CC. The van der Waals surface area contributed by atoms with Crippen LogP contribution in [0, 0.1) is 16.2 Å². The van der Waals surface area contributed by atoms with Gasteiger partial charge in [0.2, 0.25) is 0 Å². The summed E-state index contributed by atoms with van der Waals surface area (Å²) < 4.78 is 16.1. The van der Waals surface area contributed by atoms with Gasteiger partial charge in [0.1, 0.15) is 6.61 Å². The Morgan fingerprint density at radius 1 is 1.05 bits per heavy atom. The average Bonchev–Trinajstić information content (AvgIpc) is 2.36. The van der Waals surface area contributed by atoms with Gasteiger partial charge in [0.25, 0.3) is 0 Å². The number of carbonyl (C=O) groups is 1. The van der Waals surface area contributed by atoms with Crippen LogP contribution < -0.4 is 0 Å². The third-order valence-electron chi connectivity index (χ3n) is 5.23. The van der Waals surface area contributed by atoms with Crippen molar-refractivity contribution in [2.45, 2.75) is 67.7 Å². The van der Waals surface area contributed by atoms with Crippen LogP contribution in [0.1, 0.15) is 67.7 Å². The third-order valence-corrected chi connectivity index (χ3v) is 6.00. The van der Waals surface area contributed by atoms with Gasteiger partial charge in [0, 0.05) is 0 Å². The van der Waals surface area contributed by atoms with Gasteiger partial charge in [-0.2, -0.15) is 0 Å². The van der Waals surface area contributed by atoms with Gasteiger partial charge in [-0.3, -0.25) is 9.36 Å². The highest BCUT2D eigenvalue weighted by Gasteiger charge is 2.49. The van der Waals surface area contributed by atoms with Crippen molar-refractivity contribution in [1.82, 2.24) is 0 Å². The summed E-state index contributed by atoms with van der Waals surface area (Å²) in [6, 6.07) is 0. The standard InChI is InChI=1S/C16H33O5P/c1-8-14(3,4)12-16(7,15(5,6)9-2)13(17)21-10-11-22(18,19)20/h8-12H2,1-7H3,(H2,18,19,20). The number of esters is 1. The van der Waals surface area contributed by atoms with Crippen LogP contribution in [0.3, 0.4) is 0 Å². The zero-order chi connectivity index (χ0) is 17.8. The molecule has 0 radical (unpaired) electrons. The molecule has 0 aromatic rings. The maximum absolute atomic E-state index is 12.7. The molecule has 0 bridgehead atoms. The van der Waals surface area contributed by atoms with E-state index in [-0.39, 0.29) is 23.4 Å². The maximum atomic E-state index is 12.7. The highest BCUT2D eigenvalue weighted by Crippen LogP contribution is 2.50. The van der Waals surface area contributed by atoms with Crippen LogP contribution in [-0.4, -0.2) is 28.5 Å². The van der Waals surface area contributed by atoms with Crippen molar-refractivity contribution >= 4 is 13.6 Å². The predicted molar refractivity (Wildman–Crippen MR) is 88.7 cm³/mol. The molecule has 2 N–H and O–H groups in total. The summed E-state index contributed by atoms with van der Waals surface area (Å²) in [4.78, 5) is 30.4. The van der Waals surface area contributed by atoms with Crippen molar-refractivity contribution < 1.29 is 23.9 Å². The first kappa shape index (κ1) is 21.6. The molecule has 0 aliphatic rings. The monoisotopic (exact) mass is 336 g/mol. The van der Waals surface area contributed by atoms with Crippen molar-refractivity contribution in [1.29, 1.82) is 0 Å². The molecule has 0 amide bonds. The first-order chi connectivity index (χ1) is 9.71. The summed E-state index contributed by atoms with van der Waals surface area (Å²) in [7, 11) is -4.15. The van der Waals surface area contributed by atoms with Gasteiger partial charge in [-0.15, -0.1) is 0 Å². The minimum absolute atomic E-state index is 0.0105. The number of hydrogen-bond donors (Lipinski definition) is 2. The molecule has 0 saturated heterocycles. The van der Waals surface area contributed by atoms with Crippen molar-refractivity contribution in [3.63, 3.8) is 0 Å². The van der Waals surface area contributed by atoms with Crippen LogP contribution in [0.25, 0.3) is 0 Å². The molecule has 0 rings (SSSR count). The summed E-state index contributed by atoms with van der Waals surface area (Å²) in [5, 5.41) is 0. The predicted octanol–water partition coefficient (Wildman–Crippen LogP) is 3.98. The van der Waals surface area contributed by atoms with Crippen molar-refractivity contribution in [3.8, 4) is 0 Å². The number of ether oxygens (including phenoxy) is 1.